The lowest BCUT2D eigenvalue weighted by Crippen LogP contribution is -2.32. The van der Waals surface area contributed by atoms with Crippen LogP contribution in [-0.4, -0.2) is 20.2 Å². The fourth-order valence-corrected chi connectivity index (χ4v) is 5.13. The van der Waals surface area contributed by atoms with Crippen molar-refractivity contribution in [1.82, 2.24) is 5.32 Å². The Kier molecular flexibility index (Phi) is 3.63. The minimum atomic E-state index is -3.12. The second kappa shape index (κ2) is 5.25. The highest BCUT2D eigenvalue weighted by molar-refractivity contribution is 7.92. The first-order chi connectivity index (χ1) is 9.19. The first kappa shape index (κ1) is 13.1. The molecule has 0 spiro atoms. The lowest BCUT2D eigenvalue weighted by atomic mass is 9.97. The summed E-state index contributed by atoms with van der Waals surface area (Å²) in [6, 6.07) is 7.77. The van der Waals surface area contributed by atoms with Gasteiger partial charge in [0.1, 0.15) is 0 Å². The second-order valence-electron chi connectivity index (χ2n) is 5.64. The van der Waals surface area contributed by atoms with Crippen molar-refractivity contribution < 1.29 is 8.42 Å². The highest BCUT2D eigenvalue weighted by Crippen LogP contribution is 2.35. The number of benzene rings is 1. The predicted octanol–water partition coefficient (Wildman–Crippen LogP) is 2.83. The average Bonchev–Trinajstić information content (AvgIpc) is 2.37. The molecule has 1 aliphatic heterocycles. The maximum atomic E-state index is 12.7. The zero-order valence-electron chi connectivity index (χ0n) is 11.1. The number of hydrogen-bond acceptors (Lipinski definition) is 3. The van der Waals surface area contributed by atoms with Gasteiger partial charge in [-0.2, -0.15) is 0 Å². The lowest BCUT2D eigenvalue weighted by Gasteiger charge is -2.29. The summed E-state index contributed by atoms with van der Waals surface area (Å²) in [5.41, 5.74) is 0.981. The molecule has 1 unspecified atom stereocenters. The van der Waals surface area contributed by atoms with Crippen LogP contribution in [-0.2, 0) is 9.84 Å². The quantitative estimate of drug-likeness (QED) is 0.925. The second-order valence-corrected chi connectivity index (χ2v) is 7.83. The number of nitrogens with one attached hydrogen (secondary N) is 1. The standard InChI is InChI=1S/C15H21NO2S/c17-19(18,12-6-5-7-12)15-10-2-1-8-13(15)14-9-3-4-11-16-14/h1-2,8,10,12,14,16H,3-7,9,11H2. The third kappa shape index (κ3) is 2.43. The normalized spacial score (nSPS) is 24.9. The third-order valence-corrected chi connectivity index (χ3v) is 6.74. The molecule has 104 valence electrons. The van der Waals surface area contributed by atoms with E-state index in [1.54, 1.807) is 6.07 Å². The molecule has 1 N–H and O–H groups in total. The highest BCUT2D eigenvalue weighted by Gasteiger charge is 2.35. The summed E-state index contributed by atoms with van der Waals surface area (Å²) in [5.74, 6) is 0. The number of hydrogen-bond donors (Lipinski definition) is 1. The SMILES string of the molecule is O=S(=O)(c1ccccc1C1CCCCN1)C1CCC1. The summed E-state index contributed by atoms with van der Waals surface area (Å²) in [7, 11) is -3.12. The van der Waals surface area contributed by atoms with Gasteiger partial charge in [-0.15, -0.1) is 0 Å². The Morgan fingerprint density at radius 2 is 1.79 bits per heavy atom. The van der Waals surface area contributed by atoms with Crippen molar-refractivity contribution >= 4 is 9.84 Å². The van der Waals surface area contributed by atoms with E-state index >= 15 is 0 Å². The van der Waals surface area contributed by atoms with Crippen LogP contribution in [0.4, 0.5) is 0 Å². The van der Waals surface area contributed by atoms with Gasteiger partial charge >= 0.3 is 0 Å². The Morgan fingerprint density at radius 3 is 2.42 bits per heavy atom. The molecule has 1 aliphatic carbocycles. The van der Waals surface area contributed by atoms with E-state index in [0.29, 0.717) is 4.90 Å². The molecule has 0 bridgehead atoms. The summed E-state index contributed by atoms with van der Waals surface area (Å²) in [5, 5.41) is 3.32. The van der Waals surface area contributed by atoms with E-state index in [1.165, 1.54) is 12.8 Å². The van der Waals surface area contributed by atoms with Gasteiger partial charge in [-0.25, -0.2) is 8.42 Å². The van der Waals surface area contributed by atoms with Crippen molar-refractivity contribution in [2.24, 2.45) is 0 Å². The van der Waals surface area contributed by atoms with Crippen molar-refractivity contribution in [3.63, 3.8) is 0 Å². The van der Waals surface area contributed by atoms with Crippen molar-refractivity contribution in [3.8, 4) is 0 Å². The lowest BCUT2D eigenvalue weighted by molar-refractivity contribution is 0.406. The summed E-state index contributed by atoms with van der Waals surface area (Å²) >= 11 is 0. The Balaban J connectivity index is 1.96. The van der Waals surface area contributed by atoms with E-state index in [-0.39, 0.29) is 11.3 Å². The van der Waals surface area contributed by atoms with Crippen LogP contribution in [0.25, 0.3) is 0 Å². The maximum absolute atomic E-state index is 12.7. The van der Waals surface area contributed by atoms with Crippen molar-refractivity contribution in [1.29, 1.82) is 0 Å². The van der Waals surface area contributed by atoms with E-state index in [0.717, 1.165) is 37.8 Å². The molecule has 1 aromatic rings. The predicted molar refractivity (Wildman–Crippen MR) is 75.9 cm³/mol. The van der Waals surface area contributed by atoms with Gasteiger partial charge in [-0.1, -0.05) is 31.0 Å². The van der Waals surface area contributed by atoms with E-state index in [1.807, 2.05) is 18.2 Å². The summed E-state index contributed by atoms with van der Waals surface area (Å²) < 4.78 is 25.3. The zero-order valence-corrected chi connectivity index (χ0v) is 12.0. The van der Waals surface area contributed by atoms with Gasteiger partial charge in [0.15, 0.2) is 9.84 Å². The molecule has 3 rings (SSSR count). The molecule has 4 heteroatoms. The molecule has 2 fully saturated rings. The van der Waals surface area contributed by atoms with Gasteiger partial charge < -0.3 is 5.32 Å². The highest BCUT2D eigenvalue weighted by atomic mass is 32.2. The van der Waals surface area contributed by atoms with E-state index in [4.69, 9.17) is 0 Å². The number of piperidine rings is 1. The van der Waals surface area contributed by atoms with Crippen molar-refractivity contribution in [2.75, 3.05) is 6.54 Å². The fraction of sp³-hybridized carbons (Fsp3) is 0.600. The third-order valence-electron chi connectivity index (χ3n) is 4.40. The molecule has 2 aliphatic rings. The minimum absolute atomic E-state index is 0.141. The van der Waals surface area contributed by atoms with Crippen LogP contribution in [0.2, 0.25) is 0 Å². The van der Waals surface area contributed by atoms with Gasteiger partial charge in [0.2, 0.25) is 0 Å². The fourth-order valence-electron chi connectivity index (χ4n) is 3.01. The van der Waals surface area contributed by atoms with Crippen molar-refractivity contribution in [3.05, 3.63) is 29.8 Å². The van der Waals surface area contributed by atoms with Crippen LogP contribution >= 0.6 is 0 Å². The molecule has 1 saturated heterocycles. The van der Waals surface area contributed by atoms with Crippen LogP contribution in [0.5, 0.6) is 0 Å². The first-order valence-corrected chi connectivity index (χ1v) is 8.80. The molecule has 1 atom stereocenters. The van der Waals surface area contributed by atoms with E-state index < -0.39 is 9.84 Å². The van der Waals surface area contributed by atoms with Crippen LogP contribution in [0.15, 0.2) is 29.2 Å². The topological polar surface area (TPSA) is 46.2 Å². The van der Waals surface area contributed by atoms with E-state index in [9.17, 15) is 8.42 Å². The number of sulfone groups is 1. The largest absolute Gasteiger partial charge is 0.310 e. The van der Waals surface area contributed by atoms with Gasteiger partial charge in [0.05, 0.1) is 10.1 Å². The molecule has 0 radical (unpaired) electrons. The summed E-state index contributed by atoms with van der Waals surface area (Å²) in [6.07, 6.45) is 6.11. The van der Waals surface area contributed by atoms with Crippen LogP contribution in [0.1, 0.15) is 50.1 Å². The van der Waals surface area contributed by atoms with Gasteiger partial charge in [0.25, 0.3) is 0 Å². The van der Waals surface area contributed by atoms with Gasteiger partial charge in [0, 0.05) is 6.04 Å². The summed E-state index contributed by atoms with van der Waals surface area (Å²) in [6.45, 7) is 0.989. The molecular formula is C15H21NO2S. The molecule has 1 heterocycles. The Bertz CT molecular complexity index is 543. The number of rotatable bonds is 3. The Hall–Kier alpha value is -0.870. The monoisotopic (exact) mass is 279 g/mol. The Morgan fingerprint density at radius 1 is 1.00 bits per heavy atom. The molecular weight excluding hydrogens is 258 g/mol. The molecule has 0 aromatic heterocycles. The Labute approximate surface area is 115 Å². The average molecular weight is 279 g/mol. The maximum Gasteiger partial charge on any atom is 0.181 e. The summed E-state index contributed by atoms with van der Waals surface area (Å²) in [4.78, 5) is 0.569. The molecule has 1 saturated carbocycles. The van der Waals surface area contributed by atoms with Crippen molar-refractivity contribution in [2.45, 2.75) is 54.7 Å². The molecule has 3 nitrogen and oxygen atoms in total. The van der Waals surface area contributed by atoms with Crippen LogP contribution < -0.4 is 5.32 Å². The zero-order chi connectivity index (χ0) is 13.3. The first-order valence-electron chi connectivity index (χ1n) is 7.26. The van der Waals surface area contributed by atoms with Gasteiger partial charge in [-0.3, -0.25) is 0 Å². The van der Waals surface area contributed by atoms with Crippen LogP contribution in [0, 0.1) is 0 Å². The van der Waals surface area contributed by atoms with E-state index in [2.05, 4.69) is 5.32 Å². The molecule has 0 amide bonds. The smallest absolute Gasteiger partial charge is 0.181 e. The molecule has 1 aromatic carbocycles. The minimum Gasteiger partial charge on any atom is -0.310 e. The van der Waals surface area contributed by atoms with Gasteiger partial charge in [-0.05, 0) is 43.9 Å². The molecule has 19 heavy (non-hydrogen) atoms. The van der Waals surface area contributed by atoms with Crippen LogP contribution in [0.3, 0.4) is 0 Å².